The second-order valence-electron chi connectivity index (χ2n) is 4.41. The van der Waals surface area contributed by atoms with E-state index in [-0.39, 0.29) is 11.8 Å². The molecule has 0 spiro atoms. The summed E-state index contributed by atoms with van der Waals surface area (Å²) in [5, 5.41) is 15.9. The van der Waals surface area contributed by atoms with Gasteiger partial charge in [0.15, 0.2) is 0 Å². The van der Waals surface area contributed by atoms with Gasteiger partial charge in [-0.2, -0.15) is 0 Å². The van der Waals surface area contributed by atoms with Crippen LogP contribution in [-0.4, -0.2) is 49.5 Å². The van der Waals surface area contributed by atoms with Crippen LogP contribution in [0.3, 0.4) is 0 Å². The average Bonchev–Trinajstić information content (AvgIpc) is 2.14. The number of amides is 1. The maximum atomic E-state index is 11.5. The van der Waals surface area contributed by atoms with Crippen molar-refractivity contribution < 1.29 is 14.6 Å². The normalized spacial score (nSPS) is 25.7. The fraction of sp³-hybridized carbons (Fsp3) is 0.900. The lowest BCUT2D eigenvalue weighted by Gasteiger charge is -2.33. The van der Waals surface area contributed by atoms with Crippen molar-refractivity contribution in [3.63, 3.8) is 0 Å². The fourth-order valence-corrected chi connectivity index (χ4v) is 1.80. The molecule has 0 unspecified atom stereocenters. The first-order valence-electron chi connectivity index (χ1n) is 5.48. The van der Waals surface area contributed by atoms with Crippen LogP contribution in [0.2, 0.25) is 0 Å². The van der Waals surface area contributed by atoms with Gasteiger partial charge in [0, 0.05) is 45.7 Å². The molecule has 5 heteroatoms. The van der Waals surface area contributed by atoms with Crippen LogP contribution in [-0.2, 0) is 9.53 Å². The standard InChI is InChI=1S/C10H18N2O3/c13-9(8-5-11-6-8)12-7-10(14)1-3-15-4-2-10/h8,11,14H,1-7H2,(H,12,13). The largest absolute Gasteiger partial charge is 0.388 e. The number of hydrogen-bond donors (Lipinski definition) is 3. The van der Waals surface area contributed by atoms with Crippen LogP contribution in [0, 0.1) is 5.92 Å². The summed E-state index contributed by atoms with van der Waals surface area (Å²) in [7, 11) is 0. The highest BCUT2D eigenvalue weighted by molar-refractivity contribution is 5.80. The van der Waals surface area contributed by atoms with Gasteiger partial charge in [-0.25, -0.2) is 0 Å². The lowest BCUT2D eigenvalue weighted by atomic mass is 9.94. The van der Waals surface area contributed by atoms with Crippen molar-refractivity contribution in [2.45, 2.75) is 18.4 Å². The van der Waals surface area contributed by atoms with Crippen LogP contribution in [0.1, 0.15) is 12.8 Å². The minimum Gasteiger partial charge on any atom is -0.388 e. The van der Waals surface area contributed by atoms with E-state index in [4.69, 9.17) is 4.74 Å². The summed E-state index contributed by atoms with van der Waals surface area (Å²) < 4.78 is 5.17. The quantitative estimate of drug-likeness (QED) is 0.555. The number of hydrogen-bond acceptors (Lipinski definition) is 4. The van der Waals surface area contributed by atoms with Gasteiger partial charge in [-0.15, -0.1) is 0 Å². The molecule has 0 aromatic heterocycles. The topological polar surface area (TPSA) is 70.6 Å². The first-order chi connectivity index (χ1) is 7.20. The number of nitrogens with one attached hydrogen (secondary N) is 2. The van der Waals surface area contributed by atoms with Gasteiger partial charge in [-0.3, -0.25) is 4.79 Å². The molecule has 0 atom stereocenters. The van der Waals surface area contributed by atoms with Crippen LogP contribution in [0.15, 0.2) is 0 Å². The molecule has 15 heavy (non-hydrogen) atoms. The Balaban J connectivity index is 1.73. The molecule has 1 amide bonds. The predicted octanol–water partition coefficient (Wildman–Crippen LogP) is -1.14. The molecule has 0 aromatic carbocycles. The molecule has 0 aromatic rings. The Morgan fingerprint density at radius 3 is 2.67 bits per heavy atom. The van der Waals surface area contributed by atoms with Crippen LogP contribution in [0.5, 0.6) is 0 Å². The minimum atomic E-state index is -0.759. The zero-order chi connectivity index (χ0) is 10.7. The third-order valence-corrected chi connectivity index (χ3v) is 3.17. The second-order valence-corrected chi connectivity index (χ2v) is 4.41. The average molecular weight is 214 g/mol. The Kier molecular flexibility index (Phi) is 3.23. The molecule has 2 aliphatic rings. The number of aliphatic hydroxyl groups is 1. The maximum Gasteiger partial charge on any atom is 0.225 e. The summed E-state index contributed by atoms with van der Waals surface area (Å²) in [5.41, 5.74) is -0.759. The second kappa shape index (κ2) is 4.47. The Morgan fingerprint density at radius 2 is 2.13 bits per heavy atom. The molecule has 86 valence electrons. The molecule has 2 aliphatic heterocycles. The highest BCUT2D eigenvalue weighted by Gasteiger charge is 2.32. The number of carbonyl (C=O) groups excluding carboxylic acids is 1. The van der Waals surface area contributed by atoms with E-state index in [2.05, 4.69) is 10.6 Å². The first-order valence-corrected chi connectivity index (χ1v) is 5.48. The van der Waals surface area contributed by atoms with E-state index in [1.54, 1.807) is 0 Å². The maximum absolute atomic E-state index is 11.5. The highest BCUT2D eigenvalue weighted by Crippen LogP contribution is 2.19. The fourth-order valence-electron chi connectivity index (χ4n) is 1.80. The van der Waals surface area contributed by atoms with Crippen LogP contribution in [0.4, 0.5) is 0 Å². The third-order valence-electron chi connectivity index (χ3n) is 3.17. The lowest BCUT2D eigenvalue weighted by Crippen LogP contribution is -2.54. The molecule has 2 heterocycles. The summed E-state index contributed by atoms with van der Waals surface area (Å²) in [5.74, 6) is 0.141. The summed E-state index contributed by atoms with van der Waals surface area (Å²) >= 11 is 0. The minimum absolute atomic E-state index is 0.0497. The molecule has 0 bridgehead atoms. The summed E-state index contributed by atoms with van der Waals surface area (Å²) in [6.45, 7) is 3.03. The van der Waals surface area contributed by atoms with Gasteiger partial charge < -0.3 is 20.5 Å². The Bertz CT molecular complexity index is 235. The molecule has 2 rings (SSSR count). The van der Waals surface area contributed by atoms with Crippen molar-refractivity contribution in [1.82, 2.24) is 10.6 Å². The van der Waals surface area contributed by atoms with Crippen molar-refractivity contribution in [2.75, 3.05) is 32.8 Å². The Hall–Kier alpha value is -0.650. The molecule has 0 aliphatic carbocycles. The van der Waals surface area contributed by atoms with E-state index >= 15 is 0 Å². The number of carbonyl (C=O) groups is 1. The van der Waals surface area contributed by atoms with Gasteiger partial charge in [-0.05, 0) is 0 Å². The van der Waals surface area contributed by atoms with Crippen LogP contribution in [0.25, 0.3) is 0 Å². The van der Waals surface area contributed by atoms with E-state index in [9.17, 15) is 9.90 Å². The zero-order valence-corrected chi connectivity index (χ0v) is 8.79. The van der Waals surface area contributed by atoms with Gasteiger partial charge in [-0.1, -0.05) is 0 Å². The van der Waals surface area contributed by atoms with Crippen LogP contribution < -0.4 is 10.6 Å². The molecule has 3 N–H and O–H groups in total. The monoisotopic (exact) mass is 214 g/mol. The predicted molar refractivity (Wildman–Crippen MR) is 54.4 cm³/mol. The van der Waals surface area contributed by atoms with E-state index in [1.807, 2.05) is 0 Å². The SMILES string of the molecule is O=C(NCC1(O)CCOCC1)C1CNC1. The number of rotatable bonds is 3. The molecule has 0 saturated carbocycles. The summed E-state index contributed by atoms with van der Waals surface area (Å²) in [6.07, 6.45) is 1.21. The van der Waals surface area contributed by atoms with Crippen LogP contribution >= 0.6 is 0 Å². The number of ether oxygens (including phenoxy) is 1. The van der Waals surface area contributed by atoms with Gasteiger partial charge in [0.05, 0.1) is 11.5 Å². The van der Waals surface area contributed by atoms with Gasteiger partial charge in [0.25, 0.3) is 0 Å². The van der Waals surface area contributed by atoms with Crippen molar-refractivity contribution >= 4 is 5.91 Å². The van der Waals surface area contributed by atoms with Gasteiger partial charge in [0.2, 0.25) is 5.91 Å². The Labute approximate surface area is 89.2 Å². The highest BCUT2D eigenvalue weighted by atomic mass is 16.5. The van der Waals surface area contributed by atoms with E-state index in [0.717, 1.165) is 13.1 Å². The molecule has 2 fully saturated rings. The zero-order valence-electron chi connectivity index (χ0n) is 8.79. The molecule has 2 saturated heterocycles. The summed E-state index contributed by atoms with van der Waals surface area (Å²) in [6, 6.07) is 0. The van der Waals surface area contributed by atoms with E-state index < -0.39 is 5.60 Å². The van der Waals surface area contributed by atoms with Crippen molar-refractivity contribution in [3.05, 3.63) is 0 Å². The van der Waals surface area contributed by atoms with Crippen molar-refractivity contribution in [1.29, 1.82) is 0 Å². The van der Waals surface area contributed by atoms with E-state index in [0.29, 0.717) is 32.6 Å². The lowest BCUT2D eigenvalue weighted by molar-refractivity contribution is -0.129. The first kappa shape index (κ1) is 10.9. The third kappa shape index (κ3) is 2.68. The molecule has 5 nitrogen and oxygen atoms in total. The van der Waals surface area contributed by atoms with Crippen molar-refractivity contribution in [3.8, 4) is 0 Å². The van der Waals surface area contributed by atoms with Crippen molar-refractivity contribution in [2.24, 2.45) is 5.92 Å². The van der Waals surface area contributed by atoms with Gasteiger partial charge >= 0.3 is 0 Å². The van der Waals surface area contributed by atoms with Gasteiger partial charge in [0.1, 0.15) is 0 Å². The summed E-state index contributed by atoms with van der Waals surface area (Å²) in [4.78, 5) is 11.5. The smallest absolute Gasteiger partial charge is 0.225 e. The molecular weight excluding hydrogens is 196 g/mol. The Morgan fingerprint density at radius 1 is 1.47 bits per heavy atom. The van der Waals surface area contributed by atoms with E-state index in [1.165, 1.54) is 0 Å². The molecular formula is C10H18N2O3. The molecule has 0 radical (unpaired) electrons.